The van der Waals surface area contributed by atoms with E-state index in [-0.39, 0.29) is 0 Å². The number of hydrogen-bond donors (Lipinski definition) is 0. The number of hydrogen-bond acceptors (Lipinski definition) is 0. The zero-order valence-electron chi connectivity index (χ0n) is 20.0. The van der Waals surface area contributed by atoms with Gasteiger partial charge in [-0.3, -0.25) is 0 Å². The highest BCUT2D eigenvalue weighted by molar-refractivity contribution is 6.92. The van der Waals surface area contributed by atoms with Gasteiger partial charge in [-0.15, -0.1) is 11.1 Å². The lowest BCUT2D eigenvalue weighted by Gasteiger charge is -2.10. The maximum absolute atomic E-state index is 3.66. The molecule has 0 bridgehead atoms. The minimum absolute atomic E-state index is 1.02. The summed E-state index contributed by atoms with van der Waals surface area (Å²) in [7, 11) is -3.28. The van der Waals surface area contributed by atoms with Gasteiger partial charge in [0.1, 0.15) is 0 Å². The fourth-order valence-corrected chi connectivity index (χ4v) is 8.77. The average molecular weight is 491 g/mol. The Hall–Kier alpha value is -4.35. The fraction of sp³-hybridized carbons (Fsp3) is 0. The molecule has 0 atom stereocenters. The van der Waals surface area contributed by atoms with Gasteiger partial charge in [-0.1, -0.05) is 139 Å². The van der Waals surface area contributed by atoms with Crippen molar-refractivity contribution >= 4 is 38.3 Å². The van der Waals surface area contributed by atoms with Crippen molar-refractivity contribution in [2.45, 2.75) is 0 Å². The molecule has 5 aromatic rings. The highest BCUT2D eigenvalue weighted by Crippen LogP contribution is 2.04. The van der Waals surface area contributed by atoms with E-state index < -0.39 is 17.6 Å². The van der Waals surface area contributed by atoms with Crippen LogP contribution in [0.5, 0.6) is 0 Å². The SMILES string of the molecule is C(#C[SiH](c1ccccc1)c1ccccc1)c1cccc(C#C[SiH](c2ccccc2)c2ccccc2)c1. The molecule has 5 rings (SSSR count). The Morgan fingerprint density at radius 2 is 0.639 bits per heavy atom. The zero-order valence-corrected chi connectivity index (χ0v) is 22.3. The zero-order chi connectivity index (χ0) is 24.4. The highest BCUT2D eigenvalue weighted by atomic mass is 28.3. The van der Waals surface area contributed by atoms with Crippen LogP contribution in [0.1, 0.15) is 11.1 Å². The van der Waals surface area contributed by atoms with Crippen LogP contribution in [0.25, 0.3) is 0 Å². The van der Waals surface area contributed by atoms with Crippen LogP contribution in [0, 0.1) is 22.9 Å². The Kier molecular flexibility index (Phi) is 7.71. The third-order valence-electron chi connectivity index (χ3n) is 6.12. The maximum Gasteiger partial charge on any atom is 0.184 e. The third kappa shape index (κ3) is 6.01. The van der Waals surface area contributed by atoms with Gasteiger partial charge in [-0.05, 0) is 38.9 Å². The van der Waals surface area contributed by atoms with Crippen LogP contribution in [0.3, 0.4) is 0 Å². The summed E-state index contributed by atoms with van der Waals surface area (Å²) < 4.78 is 0. The van der Waals surface area contributed by atoms with Crippen molar-refractivity contribution in [3.8, 4) is 22.9 Å². The summed E-state index contributed by atoms with van der Waals surface area (Å²) in [6, 6.07) is 51.1. The van der Waals surface area contributed by atoms with Crippen molar-refractivity contribution in [2.75, 3.05) is 0 Å². The van der Waals surface area contributed by atoms with Crippen molar-refractivity contribution in [2.24, 2.45) is 0 Å². The van der Waals surface area contributed by atoms with Gasteiger partial charge in [0.05, 0.1) is 0 Å². The molecule has 0 nitrogen and oxygen atoms in total. The van der Waals surface area contributed by atoms with Gasteiger partial charge >= 0.3 is 0 Å². The molecule has 0 spiro atoms. The Labute approximate surface area is 217 Å². The first kappa shape index (κ1) is 23.4. The Bertz CT molecular complexity index is 1330. The van der Waals surface area contributed by atoms with Crippen molar-refractivity contribution in [1.82, 2.24) is 0 Å². The summed E-state index contributed by atoms with van der Waals surface area (Å²) in [5, 5.41) is 5.36. The van der Waals surface area contributed by atoms with Gasteiger partial charge in [0, 0.05) is 11.1 Å². The lowest BCUT2D eigenvalue weighted by Crippen LogP contribution is -2.41. The van der Waals surface area contributed by atoms with Crippen LogP contribution in [0.15, 0.2) is 146 Å². The van der Waals surface area contributed by atoms with Crippen LogP contribution in [0.4, 0.5) is 0 Å². The molecule has 0 N–H and O–H groups in total. The standard InChI is InChI=1S/C34H26Si2/c1-5-16-31(17-6-1)35(32-18-7-2-8-19-32)26-24-29-14-13-15-30(28-29)25-27-36(33-20-9-3-10-21-33)34-22-11-4-12-23-34/h1-23,28,35-36H. The molecule has 0 aromatic heterocycles. The largest absolute Gasteiger partial charge is 0.184 e. The van der Waals surface area contributed by atoms with Crippen molar-refractivity contribution < 1.29 is 0 Å². The molecule has 0 radical (unpaired) electrons. The van der Waals surface area contributed by atoms with Crippen LogP contribution >= 0.6 is 0 Å². The molecule has 170 valence electrons. The Balaban J connectivity index is 1.46. The van der Waals surface area contributed by atoms with E-state index in [1.165, 1.54) is 20.7 Å². The first-order valence-corrected chi connectivity index (χ1v) is 15.7. The van der Waals surface area contributed by atoms with Crippen LogP contribution in [-0.4, -0.2) is 17.6 Å². The second kappa shape index (κ2) is 11.9. The minimum Gasteiger partial charge on any atom is -0.119 e. The molecule has 0 saturated heterocycles. The predicted octanol–water partition coefficient (Wildman–Crippen LogP) is 3.55. The molecular weight excluding hydrogens is 465 g/mol. The normalized spacial score (nSPS) is 10.3. The van der Waals surface area contributed by atoms with Crippen LogP contribution in [-0.2, 0) is 0 Å². The number of rotatable bonds is 4. The topological polar surface area (TPSA) is 0 Å². The van der Waals surface area contributed by atoms with E-state index in [1.54, 1.807) is 0 Å². The van der Waals surface area contributed by atoms with Gasteiger partial charge in [0.2, 0.25) is 0 Å². The Morgan fingerprint density at radius 1 is 0.333 bits per heavy atom. The molecule has 0 amide bonds. The van der Waals surface area contributed by atoms with Crippen molar-refractivity contribution in [1.29, 1.82) is 0 Å². The summed E-state index contributed by atoms with van der Waals surface area (Å²) in [4.78, 5) is 0. The van der Waals surface area contributed by atoms with E-state index in [4.69, 9.17) is 0 Å². The second-order valence-electron chi connectivity index (χ2n) is 8.63. The molecular formula is C34H26Si2. The molecule has 0 saturated carbocycles. The van der Waals surface area contributed by atoms with E-state index in [0.717, 1.165) is 11.1 Å². The summed E-state index contributed by atoms with van der Waals surface area (Å²) in [6.45, 7) is 0. The van der Waals surface area contributed by atoms with E-state index in [9.17, 15) is 0 Å². The highest BCUT2D eigenvalue weighted by Gasteiger charge is 2.14. The van der Waals surface area contributed by atoms with Crippen molar-refractivity contribution in [3.63, 3.8) is 0 Å². The minimum atomic E-state index is -1.64. The quantitative estimate of drug-likeness (QED) is 0.267. The van der Waals surface area contributed by atoms with Gasteiger partial charge in [0.15, 0.2) is 17.6 Å². The van der Waals surface area contributed by atoms with Gasteiger partial charge < -0.3 is 0 Å². The molecule has 0 aliphatic carbocycles. The summed E-state index contributed by atoms with van der Waals surface area (Å²) in [5.74, 6) is 6.98. The molecule has 36 heavy (non-hydrogen) atoms. The first-order valence-electron chi connectivity index (χ1n) is 12.2. The summed E-state index contributed by atoms with van der Waals surface area (Å²) >= 11 is 0. The smallest absolute Gasteiger partial charge is 0.119 e. The van der Waals surface area contributed by atoms with E-state index in [2.05, 4.69) is 169 Å². The molecule has 2 heteroatoms. The average Bonchev–Trinajstić information content (AvgIpc) is 2.96. The van der Waals surface area contributed by atoms with Gasteiger partial charge in [0.25, 0.3) is 0 Å². The summed E-state index contributed by atoms with van der Waals surface area (Å²) in [5.41, 5.74) is 9.36. The molecule has 0 fully saturated rings. The molecule has 0 aliphatic heterocycles. The summed E-state index contributed by atoms with van der Waals surface area (Å²) in [6.07, 6.45) is 0. The van der Waals surface area contributed by atoms with Crippen LogP contribution < -0.4 is 20.7 Å². The molecule has 0 unspecified atom stereocenters. The van der Waals surface area contributed by atoms with Gasteiger partial charge in [-0.2, -0.15) is 0 Å². The van der Waals surface area contributed by atoms with E-state index >= 15 is 0 Å². The first-order chi connectivity index (χ1) is 17.9. The van der Waals surface area contributed by atoms with Crippen molar-refractivity contribution in [3.05, 3.63) is 157 Å². The lowest BCUT2D eigenvalue weighted by molar-refractivity contribution is 1.60. The van der Waals surface area contributed by atoms with Crippen LogP contribution in [0.2, 0.25) is 0 Å². The third-order valence-corrected chi connectivity index (χ3v) is 11.2. The fourth-order valence-electron chi connectivity index (χ4n) is 4.29. The second-order valence-corrected chi connectivity index (χ2v) is 13.6. The molecule has 0 aliphatic rings. The molecule has 5 aromatic carbocycles. The number of benzene rings is 5. The lowest BCUT2D eigenvalue weighted by atomic mass is 10.1. The molecule has 0 heterocycles. The van der Waals surface area contributed by atoms with E-state index in [1.807, 2.05) is 0 Å². The van der Waals surface area contributed by atoms with E-state index in [0.29, 0.717) is 0 Å². The monoisotopic (exact) mass is 490 g/mol. The predicted molar refractivity (Wildman–Crippen MR) is 159 cm³/mol. The Morgan fingerprint density at radius 3 is 0.944 bits per heavy atom. The van der Waals surface area contributed by atoms with Gasteiger partial charge in [-0.25, -0.2) is 0 Å². The maximum atomic E-state index is 3.66.